The third kappa shape index (κ3) is 3.87. The van der Waals surface area contributed by atoms with Crippen LogP contribution in [0.15, 0.2) is 42.5 Å². The lowest BCUT2D eigenvalue weighted by Gasteiger charge is -2.28. The molecule has 0 aliphatic carbocycles. The summed E-state index contributed by atoms with van der Waals surface area (Å²) in [5, 5.41) is 20.5. The van der Waals surface area contributed by atoms with Gasteiger partial charge in [0.25, 0.3) is 0 Å². The van der Waals surface area contributed by atoms with Gasteiger partial charge in [-0.3, -0.25) is 4.90 Å². The minimum atomic E-state index is -0.531. The van der Waals surface area contributed by atoms with Crippen molar-refractivity contribution in [3.05, 3.63) is 48.0 Å². The largest absolute Gasteiger partial charge is 0.507 e. The van der Waals surface area contributed by atoms with Crippen LogP contribution in [0.4, 0.5) is 0 Å². The number of morpholine rings is 1. The maximum atomic E-state index is 10.4. The Morgan fingerprint density at radius 3 is 2.50 bits per heavy atom. The average Bonchev–Trinajstić information content (AvgIpc) is 2.63. The number of phenolic OH excluding ortho intramolecular Hbond substituents is 1. The van der Waals surface area contributed by atoms with Gasteiger partial charge in [0.2, 0.25) is 0 Å². The van der Waals surface area contributed by atoms with Crippen LogP contribution in [0.5, 0.6) is 11.5 Å². The standard InChI is InChI=1S/C19H23NO4/c1-23-16-6-7-18(21)17(12-16)14-2-4-15(5-3-14)19(22)13-20-8-10-24-11-9-20/h2-7,12,19,21-22H,8-11,13H2,1H3. The van der Waals surface area contributed by atoms with E-state index in [4.69, 9.17) is 9.47 Å². The van der Waals surface area contributed by atoms with Crippen LogP contribution in [-0.4, -0.2) is 55.1 Å². The van der Waals surface area contributed by atoms with Crippen LogP contribution in [0.1, 0.15) is 11.7 Å². The molecule has 1 aliphatic heterocycles. The molecule has 1 saturated heterocycles. The highest BCUT2D eigenvalue weighted by molar-refractivity contribution is 5.71. The molecule has 24 heavy (non-hydrogen) atoms. The molecule has 1 unspecified atom stereocenters. The minimum Gasteiger partial charge on any atom is -0.507 e. The van der Waals surface area contributed by atoms with Crippen molar-refractivity contribution in [3.8, 4) is 22.6 Å². The summed E-state index contributed by atoms with van der Waals surface area (Å²) < 4.78 is 10.5. The van der Waals surface area contributed by atoms with Gasteiger partial charge in [0, 0.05) is 25.2 Å². The molecule has 2 aromatic carbocycles. The highest BCUT2D eigenvalue weighted by Gasteiger charge is 2.16. The second kappa shape index (κ2) is 7.66. The van der Waals surface area contributed by atoms with Gasteiger partial charge in [-0.1, -0.05) is 24.3 Å². The quantitative estimate of drug-likeness (QED) is 0.882. The number of ether oxygens (including phenoxy) is 2. The highest BCUT2D eigenvalue weighted by Crippen LogP contribution is 2.33. The first-order valence-electron chi connectivity index (χ1n) is 8.13. The lowest BCUT2D eigenvalue weighted by molar-refractivity contribution is 0.0143. The molecule has 1 aliphatic rings. The van der Waals surface area contributed by atoms with Crippen molar-refractivity contribution in [2.75, 3.05) is 40.0 Å². The van der Waals surface area contributed by atoms with Gasteiger partial charge in [-0.2, -0.15) is 0 Å². The summed E-state index contributed by atoms with van der Waals surface area (Å²) in [5.74, 6) is 0.900. The molecule has 5 nitrogen and oxygen atoms in total. The number of hydrogen-bond acceptors (Lipinski definition) is 5. The second-order valence-electron chi connectivity index (χ2n) is 5.93. The van der Waals surface area contributed by atoms with E-state index < -0.39 is 6.10 Å². The van der Waals surface area contributed by atoms with Gasteiger partial charge >= 0.3 is 0 Å². The van der Waals surface area contributed by atoms with Crippen LogP contribution in [0.2, 0.25) is 0 Å². The summed E-state index contributed by atoms with van der Waals surface area (Å²) in [6, 6.07) is 12.8. The molecule has 128 valence electrons. The Hall–Kier alpha value is -2.08. The number of β-amino-alcohol motifs (C(OH)–C–C–N with tert-alkyl or cyclic N) is 1. The fourth-order valence-corrected chi connectivity index (χ4v) is 2.89. The number of aliphatic hydroxyl groups excluding tert-OH is 1. The molecule has 1 atom stereocenters. The van der Waals surface area contributed by atoms with E-state index >= 15 is 0 Å². The molecule has 0 spiro atoms. The number of rotatable bonds is 5. The molecule has 2 N–H and O–H groups in total. The van der Waals surface area contributed by atoms with E-state index in [1.807, 2.05) is 24.3 Å². The van der Waals surface area contributed by atoms with Gasteiger partial charge in [0.1, 0.15) is 11.5 Å². The molecule has 1 fully saturated rings. The predicted molar refractivity (Wildman–Crippen MR) is 92.3 cm³/mol. The van der Waals surface area contributed by atoms with Crippen molar-refractivity contribution in [3.63, 3.8) is 0 Å². The van der Waals surface area contributed by atoms with Gasteiger partial charge in [-0.05, 0) is 29.3 Å². The Bertz CT molecular complexity index is 666. The molecule has 0 saturated carbocycles. The lowest BCUT2D eigenvalue weighted by Crippen LogP contribution is -2.38. The third-order valence-electron chi connectivity index (χ3n) is 4.35. The third-order valence-corrected chi connectivity index (χ3v) is 4.35. The first-order chi connectivity index (χ1) is 11.7. The Labute approximate surface area is 142 Å². The zero-order valence-electron chi connectivity index (χ0n) is 13.8. The molecule has 0 radical (unpaired) electrons. The van der Waals surface area contributed by atoms with Crippen molar-refractivity contribution < 1.29 is 19.7 Å². The number of aliphatic hydroxyl groups is 1. The molecule has 5 heteroatoms. The normalized spacial score (nSPS) is 16.8. The maximum absolute atomic E-state index is 10.4. The van der Waals surface area contributed by atoms with E-state index in [-0.39, 0.29) is 5.75 Å². The van der Waals surface area contributed by atoms with Crippen molar-refractivity contribution in [1.29, 1.82) is 0 Å². The number of phenols is 1. The number of nitrogens with zero attached hydrogens (tertiary/aromatic N) is 1. The van der Waals surface area contributed by atoms with Crippen LogP contribution in [0, 0.1) is 0 Å². The number of methoxy groups -OCH3 is 1. The summed E-state index contributed by atoms with van der Waals surface area (Å²) in [6.07, 6.45) is -0.531. The van der Waals surface area contributed by atoms with Crippen LogP contribution in [-0.2, 0) is 4.74 Å². The average molecular weight is 329 g/mol. The summed E-state index contributed by atoms with van der Waals surface area (Å²) >= 11 is 0. The Kier molecular flexibility index (Phi) is 5.35. The van der Waals surface area contributed by atoms with Gasteiger partial charge in [-0.25, -0.2) is 0 Å². The molecule has 0 bridgehead atoms. The smallest absolute Gasteiger partial charge is 0.123 e. The minimum absolute atomic E-state index is 0.206. The van der Waals surface area contributed by atoms with E-state index in [0.29, 0.717) is 17.9 Å². The van der Waals surface area contributed by atoms with Gasteiger partial charge < -0.3 is 19.7 Å². The van der Waals surface area contributed by atoms with Crippen LogP contribution >= 0.6 is 0 Å². The zero-order valence-corrected chi connectivity index (χ0v) is 13.8. The van der Waals surface area contributed by atoms with E-state index in [2.05, 4.69) is 4.90 Å². The van der Waals surface area contributed by atoms with Gasteiger partial charge in [0.05, 0.1) is 26.4 Å². The first-order valence-corrected chi connectivity index (χ1v) is 8.13. The van der Waals surface area contributed by atoms with E-state index in [1.165, 1.54) is 0 Å². The van der Waals surface area contributed by atoms with Crippen LogP contribution in [0.25, 0.3) is 11.1 Å². The predicted octanol–water partition coefficient (Wildman–Crippen LogP) is 2.43. The molecular weight excluding hydrogens is 306 g/mol. The molecule has 0 amide bonds. The Morgan fingerprint density at radius 2 is 1.83 bits per heavy atom. The summed E-state index contributed by atoms with van der Waals surface area (Å²) in [4.78, 5) is 2.20. The van der Waals surface area contributed by atoms with Crippen LogP contribution in [0.3, 0.4) is 0 Å². The molecular formula is C19H23NO4. The number of hydrogen-bond donors (Lipinski definition) is 2. The van der Waals surface area contributed by atoms with Crippen molar-refractivity contribution in [1.82, 2.24) is 4.90 Å². The van der Waals surface area contributed by atoms with E-state index in [1.54, 1.807) is 25.3 Å². The maximum Gasteiger partial charge on any atom is 0.123 e. The summed E-state index contributed by atoms with van der Waals surface area (Å²) in [5.41, 5.74) is 2.46. The molecule has 2 aromatic rings. The van der Waals surface area contributed by atoms with Crippen molar-refractivity contribution in [2.45, 2.75) is 6.10 Å². The monoisotopic (exact) mass is 329 g/mol. The second-order valence-corrected chi connectivity index (χ2v) is 5.93. The summed E-state index contributed by atoms with van der Waals surface area (Å²) in [7, 11) is 1.60. The topological polar surface area (TPSA) is 62.2 Å². The Balaban J connectivity index is 1.73. The van der Waals surface area contributed by atoms with E-state index in [0.717, 1.165) is 37.4 Å². The van der Waals surface area contributed by atoms with E-state index in [9.17, 15) is 10.2 Å². The van der Waals surface area contributed by atoms with Crippen molar-refractivity contribution in [2.24, 2.45) is 0 Å². The van der Waals surface area contributed by atoms with Crippen LogP contribution < -0.4 is 4.74 Å². The van der Waals surface area contributed by atoms with Gasteiger partial charge in [0.15, 0.2) is 0 Å². The Morgan fingerprint density at radius 1 is 1.12 bits per heavy atom. The molecule has 1 heterocycles. The first kappa shape index (κ1) is 16.8. The lowest BCUT2D eigenvalue weighted by atomic mass is 10.0. The number of aromatic hydroxyl groups is 1. The molecule has 0 aromatic heterocycles. The fraction of sp³-hybridized carbons (Fsp3) is 0.368. The number of benzene rings is 2. The summed E-state index contributed by atoms with van der Waals surface area (Å²) in [6.45, 7) is 3.76. The van der Waals surface area contributed by atoms with Crippen molar-refractivity contribution >= 4 is 0 Å². The molecule has 3 rings (SSSR count). The SMILES string of the molecule is COc1ccc(O)c(-c2ccc(C(O)CN3CCOCC3)cc2)c1. The fourth-order valence-electron chi connectivity index (χ4n) is 2.89. The zero-order chi connectivity index (χ0) is 16.9. The highest BCUT2D eigenvalue weighted by atomic mass is 16.5. The van der Waals surface area contributed by atoms with Gasteiger partial charge in [-0.15, -0.1) is 0 Å².